The Kier molecular flexibility index (Phi) is 5.45. The van der Waals surface area contributed by atoms with E-state index in [0.717, 1.165) is 56.8 Å². The van der Waals surface area contributed by atoms with Crippen molar-refractivity contribution in [3.05, 3.63) is 24.3 Å². The molecule has 0 bridgehead atoms. The standard InChI is InChI=1S/C21H29N3O3/c1-16-4-9-20(25)24(15-16)18-7-5-17(6-8-18)23-10-2-3-19(21(23)26)22-11-13-27-14-12-22/h5-8,16,19H,2-4,9-15H2,1H3. The number of carbonyl (C=O) groups is 2. The van der Waals surface area contributed by atoms with Gasteiger partial charge in [0.2, 0.25) is 11.8 Å². The maximum absolute atomic E-state index is 13.1. The predicted molar refractivity (Wildman–Crippen MR) is 105 cm³/mol. The Hall–Kier alpha value is -1.92. The molecule has 0 aliphatic carbocycles. The van der Waals surface area contributed by atoms with Crippen molar-refractivity contribution in [2.24, 2.45) is 5.92 Å². The Morgan fingerprint density at radius 2 is 1.59 bits per heavy atom. The van der Waals surface area contributed by atoms with Gasteiger partial charge in [0.15, 0.2) is 0 Å². The molecule has 6 heteroatoms. The maximum Gasteiger partial charge on any atom is 0.244 e. The molecule has 3 aliphatic heterocycles. The summed E-state index contributed by atoms with van der Waals surface area (Å²) in [7, 11) is 0. The third kappa shape index (κ3) is 3.87. The summed E-state index contributed by atoms with van der Waals surface area (Å²) in [5.74, 6) is 0.918. The zero-order valence-corrected chi connectivity index (χ0v) is 16.1. The number of piperidine rings is 2. The summed E-state index contributed by atoms with van der Waals surface area (Å²) in [4.78, 5) is 31.4. The van der Waals surface area contributed by atoms with Crippen LogP contribution in [0.4, 0.5) is 11.4 Å². The molecule has 27 heavy (non-hydrogen) atoms. The van der Waals surface area contributed by atoms with Crippen LogP contribution in [0.25, 0.3) is 0 Å². The number of ether oxygens (including phenoxy) is 1. The Bertz CT molecular complexity index is 684. The van der Waals surface area contributed by atoms with E-state index in [2.05, 4.69) is 11.8 Å². The zero-order chi connectivity index (χ0) is 18.8. The summed E-state index contributed by atoms with van der Waals surface area (Å²) < 4.78 is 5.43. The first-order chi connectivity index (χ1) is 13.1. The van der Waals surface area contributed by atoms with Crippen LogP contribution in [0.15, 0.2) is 24.3 Å². The Labute approximate surface area is 161 Å². The molecule has 0 aromatic heterocycles. The molecule has 0 radical (unpaired) electrons. The Morgan fingerprint density at radius 3 is 2.30 bits per heavy atom. The van der Waals surface area contributed by atoms with Crippen molar-refractivity contribution in [3.8, 4) is 0 Å². The molecule has 1 aromatic rings. The van der Waals surface area contributed by atoms with Crippen molar-refractivity contribution >= 4 is 23.2 Å². The highest BCUT2D eigenvalue weighted by Gasteiger charge is 2.34. The first kappa shape index (κ1) is 18.4. The molecule has 0 saturated carbocycles. The average molecular weight is 371 g/mol. The van der Waals surface area contributed by atoms with Gasteiger partial charge in [-0.25, -0.2) is 0 Å². The van der Waals surface area contributed by atoms with Gasteiger partial charge in [-0.15, -0.1) is 0 Å². The predicted octanol–water partition coefficient (Wildman–Crippen LogP) is 2.28. The molecule has 6 nitrogen and oxygen atoms in total. The lowest BCUT2D eigenvalue weighted by Crippen LogP contribution is -2.55. The number of hydrogen-bond acceptors (Lipinski definition) is 4. The molecule has 3 fully saturated rings. The van der Waals surface area contributed by atoms with Gasteiger partial charge >= 0.3 is 0 Å². The molecule has 0 spiro atoms. The highest BCUT2D eigenvalue weighted by Crippen LogP contribution is 2.29. The second-order valence-corrected chi connectivity index (χ2v) is 7.96. The van der Waals surface area contributed by atoms with Gasteiger partial charge in [0.1, 0.15) is 0 Å². The van der Waals surface area contributed by atoms with Crippen LogP contribution in [-0.2, 0) is 14.3 Å². The van der Waals surface area contributed by atoms with E-state index < -0.39 is 0 Å². The van der Waals surface area contributed by atoms with E-state index in [1.54, 1.807) is 0 Å². The van der Waals surface area contributed by atoms with Gasteiger partial charge in [-0.3, -0.25) is 14.5 Å². The number of carbonyl (C=O) groups excluding carboxylic acids is 2. The van der Waals surface area contributed by atoms with Crippen molar-refractivity contribution in [1.82, 2.24) is 4.90 Å². The summed E-state index contributed by atoms with van der Waals surface area (Å²) in [6.45, 7) is 6.81. The van der Waals surface area contributed by atoms with E-state index in [-0.39, 0.29) is 17.9 Å². The van der Waals surface area contributed by atoms with Gasteiger partial charge in [0.25, 0.3) is 0 Å². The van der Waals surface area contributed by atoms with Gasteiger partial charge in [-0.2, -0.15) is 0 Å². The third-order valence-electron chi connectivity index (χ3n) is 6.02. The smallest absolute Gasteiger partial charge is 0.244 e. The molecule has 0 N–H and O–H groups in total. The number of hydrogen-bond donors (Lipinski definition) is 0. The normalized spacial score (nSPS) is 27.9. The van der Waals surface area contributed by atoms with Crippen molar-refractivity contribution in [2.75, 3.05) is 49.2 Å². The second-order valence-electron chi connectivity index (χ2n) is 7.96. The summed E-state index contributed by atoms with van der Waals surface area (Å²) in [5.41, 5.74) is 1.86. The third-order valence-corrected chi connectivity index (χ3v) is 6.02. The summed E-state index contributed by atoms with van der Waals surface area (Å²) in [6, 6.07) is 7.91. The molecule has 4 rings (SSSR count). The SMILES string of the molecule is CC1CCC(=O)N(c2ccc(N3CCCC(N4CCOCC4)C3=O)cc2)C1. The maximum atomic E-state index is 13.1. The summed E-state index contributed by atoms with van der Waals surface area (Å²) in [6.07, 6.45) is 3.53. The fraction of sp³-hybridized carbons (Fsp3) is 0.619. The lowest BCUT2D eigenvalue weighted by Gasteiger charge is -2.40. The average Bonchev–Trinajstić information content (AvgIpc) is 2.71. The van der Waals surface area contributed by atoms with E-state index in [4.69, 9.17) is 4.74 Å². The van der Waals surface area contributed by atoms with Crippen LogP contribution < -0.4 is 9.80 Å². The minimum absolute atomic E-state index is 0.0353. The molecular weight excluding hydrogens is 342 g/mol. The van der Waals surface area contributed by atoms with Crippen LogP contribution >= 0.6 is 0 Å². The van der Waals surface area contributed by atoms with E-state index >= 15 is 0 Å². The van der Waals surface area contributed by atoms with Crippen molar-refractivity contribution in [1.29, 1.82) is 0 Å². The lowest BCUT2D eigenvalue weighted by atomic mass is 9.99. The van der Waals surface area contributed by atoms with E-state index in [1.165, 1.54) is 0 Å². The first-order valence-electron chi connectivity index (χ1n) is 10.2. The van der Waals surface area contributed by atoms with Crippen LogP contribution in [0.3, 0.4) is 0 Å². The minimum Gasteiger partial charge on any atom is -0.379 e. The van der Waals surface area contributed by atoms with Crippen LogP contribution in [0.2, 0.25) is 0 Å². The number of rotatable bonds is 3. The van der Waals surface area contributed by atoms with Gasteiger partial charge in [-0.1, -0.05) is 6.92 Å². The summed E-state index contributed by atoms with van der Waals surface area (Å²) >= 11 is 0. The highest BCUT2D eigenvalue weighted by molar-refractivity contribution is 5.98. The molecule has 1 aromatic carbocycles. The fourth-order valence-electron chi connectivity index (χ4n) is 4.41. The van der Waals surface area contributed by atoms with Gasteiger partial charge in [0, 0.05) is 44.0 Å². The molecule has 2 atom stereocenters. The second kappa shape index (κ2) is 7.98. The lowest BCUT2D eigenvalue weighted by molar-refractivity contribution is -0.127. The van der Waals surface area contributed by atoms with Crippen molar-refractivity contribution in [2.45, 2.75) is 38.6 Å². The fourth-order valence-corrected chi connectivity index (χ4v) is 4.41. The van der Waals surface area contributed by atoms with Gasteiger partial charge in [-0.05, 0) is 49.4 Å². The summed E-state index contributed by atoms with van der Waals surface area (Å²) in [5, 5.41) is 0. The molecule has 3 heterocycles. The Balaban J connectivity index is 1.47. The minimum atomic E-state index is -0.0353. The number of amides is 2. The van der Waals surface area contributed by atoms with Crippen LogP contribution in [0.5, 0.6) is 0 Å². The number of morpholine rings is 1. The molecule has 2 unspecified atom stereocenters. The van der Waals surface area contributed by atoms with E-state index in [1.807, 2.05) is 34.1 Å². The molecule has 3 aliphatic rings. The Morgan fingerprint density at radius 1 is 0.926 bits per heavy atom. The highest BCUT2D eigenvalue weighted by atomic mass is 16.5. The largest absolute Gasteiger partial charge is 0.379 e. The molecule has 2 amide bonds. The van der Waals surface area contributed by atoms with Crippen LogP contribution in [0, 0.1) is 5.92 Å². The topological polar surface area (TPSA) is 53.1 Å². The number of anilines is 2. The van der Waals surface area contributed by atoms with Crippen molar-refractivity contribution < 1.29 is 14.3 Å². The van der Waals surface area contributed by atoms with Gasteiger partial charge in [0.05, 0.1) is 19.3 Å². The van der Waals surface area contributed by atoms with Crippen molar-refractivity contribution in [3.63, 3.8) is 0 Å². The first-order valence-corrected chi connectivity index (χ1v) is 10.2. The molecule has 3 saturated heterocycles. The molecular formula is C21H29N3O3. The van der Waals surface area contributed by atoms with E-state index in [0.29, 0.717) is 25.6 Å². The number of benzene rings is 1. The van der Waals surface area contributed by atoms with Crippen LogP contribution in [0.1, 0.15) is 32.6 Å². The zero-order valence-electron chi connectivity index (χ0n) is 16.1. The number of nitrogens with zero attached hydrogens (tertiary/aromatic N) is 3. The monoisotopic (exact) mass is 371 g/mol. The quantitative estimate of drug-likeness (QED) is 0.818. The van der Waals surface area contributed by atoms with Crippen LogP contribution in [-0.4, -0.2) is 62.1 Å². The molecule has 146 valence electrons. The van der Waals surface area contributed by atoms with E-state index in [9.17, 15) is 9.59 Å². The van der Waals surface area contributed by atoms with Gasteiger partial charge < -0.3 is 14.5 Å².